The van der Waals surface area contributed by atoms with Crippen molar-refractivity contribution in [2.75, 3.05) is 0 Å². The molecule has 0 aliphatic carbocycles. The summed E-state index contributed by atoms with van der Waals surface area (Å²) in [4.78, 5) is 0. The molecule has 0 atom stereocenters. The molecule has 0 aliphatic rings. The van der Waals surface area contributed by atoms with E-state index in [0.717, 1.165) is 0 Å². The second-order valence-electron chi connectivity index (χ2n) is 0.785. The monoisotopic (exact) mass is 156 g/mol. The fourth-order valence-electron chi connectivity index (χ4n) is 0.0919. The van der Waals surface area contributed by atoms with Gasteiger partial charge in [0.1, 0.15) is 0 Å². The van der Waals surface area contributed by atoms with Crippen LogP contribution in [0.15, 0.2) is 0 Å². The van der Waals surface area contributed by atoms with Gasteiger partial charge in [0.05, 0.1) is 0 Å². The molecule has 0 aromatic carbocycles. The van der Waals surface area contributed by atoms with Crippen molar-refractivity contribution in [2.24, 2.45) is 0 Å². The van der Waals surface area contributed by atoms with Crippen LogP contribution in [0.4, 0.5) is 8.78 Å². The van der Waals surface area contributed by atoms with Crippen LogP contribution in [0.25, 0.3) is 0 Å². The van der Waals surface area contributed by atoms with Gasteiger partial charge in [0, 0.05) is 0 Å². The van der Waals surface area contributed by atoms with E-state index in [2.05, 4.69) is 4.18 Å². The normalized spacial score (nSPS) is 11.1. The standard InChI is InChI=1S/CH2F2O4S.Li.H/c2-1(3)7-8(4,5)6;;/h1H,(H,4,5,6);;. The van der Waals surface area contributed by atoms with Gasteiger partial charge in [0.2, 0.25) is 0 Å². The van der Waals surface area contributed by atoms with Gasteiger partial charge in [-0.3, -0.25) is 4.55 Å². The van der Waals surface area contributed by atoms with Crippen LogP contribution in [0.2, 0.25) is 0 Å². The third-order valence-corrected chi connectivity index (χ3v) is 0.583. The Balaban J connectivity index is 0. The van der Waals surface area contributed by atoms with Gasteiger partial charge < -0.3 is 0 Å². The summed E-state index contributed by atoms with van der Waals surface area (Å²) in [6, 6.07) is 0. The van der Waals surface area contributed by atoms with Crippen molar-refractivity contribution in [3.8, 4) is 0 Å². The van der Waals surface area contributed by atoms with Gasteiger partial charge in [-0.15, -0.1) is 0 Å². The Hall–Kier alpha value is 0.327. The fraction of sp³-hybridized carbons (Fsp3) is 1.00. The average molecular weight is 156 g/mol. The molecule has 0 spiro atoms. The van der Waals surface area contributed by atoms with Gasteiger partial charge in [-0.25, -0.2) is 0 Å². The molecule has 1 N–H and O–H groups in total. The minimum absolute atomic E-state index is 0. The second-order valence-corrected chi connectivity index (χ2v) is 1.83. The van der Waals surface area contributed by atoms with E-state index in [4.69, 9.17) is 4.55 Å². The Kier molecular flexibility index (Phi) is 5.61. The summed E-state index contributed by atoms with van der Waals surface area (Å²) < 4.78 is 50.2. The van der Waals surface area contributed by atoms with Gasteiger partial charge >= 0.3 is 35.9 Å². The van der Waals surface area contributed by atoms with Crippen LogP contribution in [0.5, 0.6) is 0 Å². The molecule has 0 amide bonds. The number of hydrogen-bond donors (Lipinski definition) is 1. The summed E-state index contributed by atoms with van der Waals surface area (Å²) >= 11 is 0. The molecule has 0 radical (unpaired) electrons. The number of rotatable bonds is 2. The fourth-order valence-corrected chi connectivity index (χ4v) is 0.276. The van der Waals surface area contributed by atoms with Gasteiger partial charge in [-0.05, 0) is 0 Å². The molecule has 9 heavy (non-hydrogen) atoms. The van der Waals surface area contributed by atoms with E-state index >= 15 is 0 Å². The van der Waals surface area contributed by atoms with Crippen LogP contribution < -0.4 is 0 Å². The van der Waals surface area contributed by atoms with Crippen molar-refractivity contribution in [3.05, 3.63) is 0 Å². The molecular formula is CH3F2LiO4S. The average Bonchev–Trinajstić information content (AvgIpc) is 1.21. The third kappa shape index (κ3) is 11.7. The van der Waals surface area contributed by atoms with E-state index in [-0.39, 0.29) is 18.9 Å². The van der Waals surface area contributed by atoms with E-state index < -0.39 is 17.0 Å². The topological polar surface area (TPSA) is 63.6 Å². The van der Waals surface area contributed by atoms with Crippen molar-refractivity contribution in [1.82, 2.24) is 0 Å². The van der Waals surface area contributed by atoms with Crippen molar-refractivity contribution in [2.45, 2.75) is 6.61 Å². The summed E-state index contributed by atoms with van der Waals surface area (Å²) in [5.74, 6) is 0. The Bertz CT molecular complexity index is 152. The molecule has 0 bridgehead atoms. The molecule has 0 aromatic heterocycles. The molecule has 0 aromatic rings. The number of hydrogen-bond acceptors (Lipinski definition) is 3. The molecule has 0 fully saturated rings. The maximum atomic E-state index is 10.8. The first-order chi connectivity index (χ1) is 3.42. The molecule has 0 saturated carbocycles. The van der Waals surface area contributed by atoms with Gasteiger partial charge in [0.25, 0.3) is 0 Å². The van der Waals surface area contributed by atoms with Crippen LogP contribution in [-0.2, 0) is 14.6 Å². The first-order valence-corrected chi connectivity index (χ1v) is 2.72. The molecule has 4 nitrogen and oxygen atoms in total. The van der Waals surface area contributed by atoms with Crippen molar-refractivity contribution >= 4 is 29.3 Å². The minimum atomic E-state index is -4.97. The van der Waals surface area contributed by atoms with Crippen LogP contribution in [0.3, 0.4) is 0 Å². The first kappa shape index (κ1) is 12.0. The summed E-state index contributed by atoms with van der Waals surface area (Å²) in [5.41, 5.74) is 0. The molecule has 52 valence electrons. The van der Waals surface area contributed by atoms with Crippen LogP contribution in [0.1, 0.15) is 0 Å². The molecule has 0 unspecified atom stereocenters. The second kappa shape index (κ2) is 4.19. The van der Waals surface area contributed by atoms with Gasteiger partial charge in [-0.2, -0.15) is 21.4 Å². The SMILES string of the molecule is O=S(=O)(O)OC(F)F.[LiH]. The molecule has 0 saturated heterocycles. The van der Waals surface area contributed by atoms with Gasteiger partial charge in [0.15, 0.2) is 0 Å². The van der Waals surface area contributed by atoms with Crippen molar-refractivity contribution in [3.63, 3.8) is 0 Å². The van der Waals surface area contributed by atoms with E-state index in [1.54, 1.807) is 0 Å². The van der Waals surface area contributed by atoms with Crippen LogP contribution in [0, 0.1) is 0 Å². The van der Waals surface area contributed by atoms with Crippen LogP contribution in [-0.4, -0.2) is 38.4 Å². The zero-order valence-electron chi connectivity index (χ0n) is 3.41. The number of halogens is 2. The predicted octanol–water partition coefficient (Wildman–Crippen LogP) is -0.620. The Morgan fingerprint density at radius 1 is 1.44 bits per heavy atom. The quantitative estimate of drug-likeness (QED) is 0.427. The molecular weight excluding hydrogens is 153 g/mol. The molecule has 8 heteroatoms. The van der Waals surface area contributed by atoms with Crippen molar-refractivity contribution in [1.29, 1.82) is 0 Å². The third-order valence-electron chi connectivity index (χ3n) is 0.194. The van der Waals surface area contributed by atoms with Gasteiger partial charge in [-0.1, -0.05) is 0 Å². The van der Waals surface area contributed by atoms with E-state index in [1.807, 2.05) is 0 Å². The zero-order valence-corrected chi connectivity index (χ0v) is 4.23. The molecule has 0 aliphatic heterocycles. The zero-order chi connectivity index (χ0) is 6.78. The summed E-state index contributed by atoms with van der Waals surface area (Å²) in [7, 11) is -4.97. The van der Waals surface area contributed by atoms with Crippen molar-refractivity contribution < 1.29 is 25.9 Å². The molecule has 0 heterocycles. The first-order valence-electron chi connectivity index (χ1n) is 1.35. The Morgan fingerprint density at radius 2 is 1.78 bits per heavy atom. The summed E-state index contributed by atoms with van der Waals surface area (Å²) in [6.45, 7) is -3.50. The van der Waals surface area contributed by atoms with E-state index in [9.17, 15) is 17.2 Å². The number of alkyl halides is 2. The molecule has 0 rings (SSSR count). The Labute approximate surface area is 62.3 Å². The predicted molar refractivity (Wildman–Crippen MR) is 25.8 cm³/mol. The summed E-state index contributed by atoms with van der Waals surface area (Å²) in [5, 5.41) is 0. The van der Waals surface area contributed by atoms with Crippen LogP contribution >= 0.6 is 0 Å². The van der Waals surface area contributed by atoms with E-state index in [1.165, 1.54) is 0 Å². The van der Waals surface area contributed by atoms with E-state index in [0.29, 0.717) is 0 Å². The Morgan fingerprint density at radius 3 is 1.78 bits per heavy atom. The summed E-state index contributed by atoms with van der Waals surface area (Å²) in [6.07, 6.45) is 0. The maximum absolute atomic E-state index is 10.8.